The van der Waals surface area contributed by atoms with Gasteiger partial charge in [-0.2, -0.15) is 5.10 Å². The average Bonchev–Trinajstić information content (AvgIpc) is 3.31. The highest BCUT2D eigenvalue weighted by Gasteiger charge is 2.48. The van der Waals surface area contributed by atoms with E-state index in [1.807, 2.05) is 26.8 Å². The van der Waals surface area contributed by atoms with Crippen LogP contribution in [0.5, 0.6) is 5.75 Å². The molecule has 2 aliphatic rings. The molecule has 9 heteroatoms. The number of hydrogen-bond donors (Lipinski definition) is 2. The van der Waals surface area contributed by atoms with E-state index in [9.17, 15) is 14.4 Å². The van der Waals surface area contributed by atoms with Crippen molar-refractivity contribution in [3.8, 4) is 5.75 Å². The first-order valence-corrected chi connectivity index (χ1v) is 9.75. The van der Waals surface area contributed by atoms with Crippen LogP contribution in [0.4, 0.5) is 4.79 Å². The largest absolute Gasteiger partial charge is 0.497 e. The number of rotatable bonds is 4. The van der Waals surface area contributed by atoms with Crippen molar-refractivity contribution in [3.63, 3.8) is 0 Å². The predicted molar refractivity (Wildman–Crippen MR) is 108 cm³/mol. The van der Waals surface area contributed by atoms with Crippen LogP contribution in [0.3, 0.4) is 0 Å². The molecule has 1 fully saturated rings. The molecular formula is C21H25N5O4. The van der Waals surface area contributed by atoms with Crippen LogP contribution in [0.15, 0.2) is 30.6 Å². The molecule has 3 amide bonds. The highest BCUT2D eigenvalue weighted by atomic mass is 16.5. The fraction of sp³-hybridized carbons (Fsp3) is 0.429. The summed E-state index contributed by atoms with van der Waals surface area (Å²) in [6.45, 7) is 6.23. The molecule has 2 N–H and O–H groups in total. The molecule has 0 spiro atoms. The Morgan fingerprint density at radius 3 is 2.67 bits per heavy atom. The lowest BCUT2D eigenvalue weighted by Crippen LogP contribution is -2.66. The van der Waals surface area contributed by atoms with E-state index in [4.69, 9.17) is 4.74 Å². The van der Waals surface area contributed by atoms with Crippen molar-refractivity contribution < 1.29 is 19.1 Å². The van der Waals surface area contributed by atoms with Gasteiger partial charge in [0.05, 0.1) is 31.9 Å². The number of carbonyl (C=O) groups excluding carboxylic acids is 3. The molecule has 2 aromatic rings. The minimum atomic E-state index is -1.37. The summed E-state index contributed by atoms with van der Waals surface area (Å²) in [4.78, 5) is 40.0. The van der Waals surface area contributed by atoms with E-state index in [0.717, 1.165) is 5.56 Å². The Labute approximate surface area is 174 Å². The van der Waals surface area contributed by atoms with E-state index >= 15 is 0 Å². The average molecular weight is 411 g/mol. The van der Waals surface area contributed by atoms with Gasteiger partial charge in [-0.3, -0.25) is 14.3 Å². The minimum absolute atomic E-state index is 0.0188. The van der Waals surface area contributed by atoms with Gasteiger partial charge < -0.3 is 20.3 Å². The van der Waals surface area contributed by atoms with E-state index < -0.39 is 11.6 Å². The predicted octanol–water partition coefficient (Wildman–Crippen LogP) is 1.38. The Bertz CT molecular complexity index is 1040. The molecular weight excluding hydrogens is 386 g/mol. The third kappa shape index (κ3) is 3.20. The van der Waals surface area contributed by atoms with Gasteiger partial charge in [-0.1, -0.05) is 6.07 Å². The van der Waals surface area contributed by atoms with Gasteiger partial charge in [-0.25, -0.2) is 4.79 Å². The monoisotopic (exact) mass is 411 g/mol. The molecule has 0 bridgehead atoms. The highest BCUT2D eigenvalue weighted by molar-refractivity contribution is 6.02. The number of ether oxygens (including phenoxy) is 1. The molecule has 1 saturated heterocycles. The molecule has 2 aliphatic heterocycles. The maximum atomic E-state index is 13.1. The van der Waals surface area contributed by atoms with Crippen LogP contribution in [0.2, 0.25) is 0 Å². The molecule has 9 nitrogen and oxygen atoms in total. The van der Waals surface area contributed by atoms with Crippen LogP contribution in [-0.4, -0.2) is 52.6 Å². The van der Waals surface area contributed by atoms with E-state index in [0.29, 0.717) is 23.4 Å². The third-order valence-electron chi connectivity index (χ3n) is 5.60. The molecule has 3 heterocycles. The molecule has 0 aliphatic carbocycles. The fourth-order valence-electron chi connectivity index (χ4n) is 3.86. The van der Waals surface area contributed by atoms with Crippen molar-refractivity contribution in [1.29, 1.82) is 0 Å². The van der Waals surface area contributed by atoms with Gasteiger partial charge in [0.15, 0.2) is 5.78 Å². The second kappa shape index (κ2) is 6.86. The van der Waals surface area contributed by atoms with Crippen LogP contribution < -0.4 is 15.4 Å². The number of carbonyl (C=O) groups is 3. The molecule has 0 radical (unpaired) electrons. The fourth-order valence-corrected chi connectivity index (χ4v) is 3.86. The SMILES string of the molecule is COc1ccc2c(c1)C(=O)N(C[C@@]1(c3cnn(C(C)(C)C)c3)NC(=O)NCC1=O)C2. The number of Topliss-reactive ketones (excluding diaryl/α,β-unsaturated/α-hetero) is 1. The number of urea groups is 1. The normalized spacial score (nSPS) is 21.3. The molecule has 0 unspecified atom stereocenters. The standard InChI is InChI=1S/C21H25N5O4/c1-20(2,3)26-11-14(8-23-26)21(17(27)9-22-19(29)24-21)12-25-10-13-5-6-15(30-4)7-16(13)18(25)28/h5-8,11H,9-10,12H2,1-4H3,(H2,22,24,29)/t21-/m0/s1. The lowest BCUT2D eigenvalue weighted by Gasteiger charge is -2.38. The summed E-state index contributed by atoms with van der Waals surface area (Å²) < 4.78 is 6.97. The lowest BCUT2D eigenvalue weighted by molar-refractivity contribution is -0.126. The minimum Gasteiger partial charge on any atom is -0.497 e. The van der Waals surface area contributed by atoms with Gasteiger partial charge in [-0.15, -0.1) is 0 Å². The van der Waals surface area contributed by atoms with E-state index in [2.05, 4.69) is 15.7 Å². The van der Waals surface area contributed by atoms with Crippen molar-refractivity contribution in [2.45, 2.75) is 38.4 Å². The van der Waals surface area contributed by atoms with E-state index in [-0.39, 0.29) is 30.3 Å². The molecule has 4 rings (SSSR count). The van der Waals surface area contributed by atoms with Crippen LogP contribution in [-0.2, 0) is 22.4 Å². The Morgan fingerprint density at radius 1 is 1.23 bits per heavy atom. The number of ketones is 1. The Balaban J connectivity index is 1.71. The maximum absolute atomic E-state index is 13.1. The Hall–Kier alpha value is -3.36. The number of hydrogen-bond acceptors (Lipinski definition) is 5. The third-order valence-corrected chi connectivity index (χ3v) is 5.60. The summed E-state index contributed by atoms with van der Waals surface area (Å²) in [5.74, 6) is 0.167. The van der Waals surface area contributed by atoms with Crippen molar-refractivity contribution in [2.75, 3.05) is 20.2 Å². The smallest absolute Gasteiger partial charge is 0.316 e. The molecule has 158 valence electrons. The van der Waals surface area contributed by atoms with Gasteiger partial charge >= 0.3 is 6.03 Å². The van der Waals surface area contributed by atoms with Gasteiger partial charge in [0, 0.05) is 23.9 Å². The summed E-state index contributed by atoms with van der Waals surface area (Å²) in [7, 11) is 1.55. The first-order chi connectivity index (χ1) is 14.1. The molecule has 30 heavy (non-hydrogen) atoms. The van der Waals surface area contributed by atoms with Gasteiger partial charge in [0.2, 0.25) is 0 Å². The van der Waals surface area contributed by atoms with Gasteiger partial charge in [0.25, 0.3) is 5.91 Å². The van der Waals surface area contributed by atoms with Crippen molar-refractivity contribution in [1.82, 2.24) is 25.3 Å². The van der Waals surface area contributed by atoms with E-state index in [1.54, 1.807) is 41.2 Å². The summed E-state index contributed by atoms with van der Waals surface area (Å²) in [5, 5.41) is 9.70. The second-order valence-corrected chi connectivity index (χ2v) is 8.66. The number of fused-ring (bicyclic) bond motifs is 1. The molecule has 0 saturated carbocycles. The van der Waals surface area contributed by atoms with Gasteiger partial charge in [-0.05, 0) is 38.5 Å². The molecule has 1 atom stereocenters. The van der Waals surface area contributed by atoms with Crippen LogP contribution in [0.1, 0.15) is 42.3 Å². The molecule has 1 aromatic carbocycles. The highest BCUT2D eigenvalue weighted by Crippen LogP contribution is 2.32. The zero-order valence-corrected chi connectivity index (χ0v) is 17.5. The van der Waals surface area contributed by atoms with Crippen molar-refractivity contribution >= 4 is 17.7 Å². The van der Waals surface area contributed by atoms with Gasteiger partial charge in [0.1, 0.15) is 11.3 Å². The second-order valence-electron chi connectivity index (χ2n) is 8.66. The summed E-state index contributed by atoms with van der Waals surface area (Å²) in [6.07, 6.45) is 3.35. The van der Waals surface area contributed by atoms with E-state index in [1.165, 1.54) is 0 Å². The number of benzene rings is 1. The zero-order chi connectivity index (χ0) is 21.7. The Kier molecular flexibility index (Phi) is 4.56. The number of nitrogens with zero attached hydrogens (tertiary/aromatic N) is 3. The Morgan fingerprint density at radius 2 is 2.00 bits per heavy atom. The maximum Gasteiger partial charge on any atom is 0.316 e. The number of amides is 3. The summed E-state index contributed by atoms with van der Waals surface area (Å²) >= 11 is 0. The number of methoxy groups -OCH3 is 1. The van der Waals surface area contributed by atoms with Crippen LogP contribution in [0, 0.1) is 0 Å². The lowest BCUT2D eigenvalue weighted by atomic mass is 9.85. The van der Waals surface area contributed by atoms with Crippen LogP contribution in [0.25, 0.3) is 0 Å². The zero-order valence-electron chi connectivity index (χ0n) is 17.5. The van der Waals surface area contributed by atoms with Crippen LogP contribution >= 0.6 is 0 Å². The summed E-state index contributed by atoms with van der Waals surface area (Å²) in [5.41, 5.74) is 0.291. The summed E-state index contributed by atoms with van der Waals surface area (Å²) in [6, 6.07) is 4.89. The first-order valence-electron chi connectivity index (χ1n) is 9.75. The van der Waals surface area contributed by atoms with Crippen molar-refractivity contribution in [3.05, 3.63) is 47.3 Å². The first kappa shape index (κ1) is 19.9. The number of aromatic nitrogens is 2. The quantitative estimate of drug-likeness (QED) is 0.791. The topological polar surface area (TPSA) is 106 Å². The molecule has 1 aromatic heterocycles. The number of nitrogens with one attached hydrogen (secondary N) is 2. The van der Waals surface area contributed by atoms with Crippen molar-refractivity contribution in [2.24, 2.45) is 0 Å².